The number of para-hydroxylation sites is 3. The Bertz CT molecular complexity index is 4460. The maximum Gasteiger partial charge on any atom is 0.333 e. The van der Waals surface area contributed by atoms with Crippen LogP contribution in [-0.2, 0) is 0 Å². The Kier molecular flexibility index (Phi) is 7.06. The molecule has 0 fully saturated rings. The Morgan fingerprint density at radius 1 is 0.441 bits per heavy atom. The van der Waals surface area contributed by atoms with Crippen molar-refractivity contribution in [1.29, 1.82) is 0 Å². The fourth-order valence-electron chi connectivity index (χ4n) is 12.4. The molecule has 0 aliphatic carbocycles. The highest BCUT2D eigenvalue weighted by atomic mass is 16.3. The fraction of sp³-hybridized carbons (Fsp3) is 0.0159. The van der Waals surface area contributed by atoms with Gasteiger partial charge in [-0.3, -0.25) is 0 Å². The van der Waals surface area contributed by atoms with Crippen LogP contribution in [0.1, 0.15) is 5.56 Å². The van der Waals surface area contributed by atoms with Crippen molar-refractivity contribution in [2.45, 2.75) is 6.92 Å². The number of anilines is 3. The van der Waals surface area contributed by atoms with E-state index in [0.29, 0.717) is 0 Å². The molecule has 16 rings (SSSR count). The average Bonchev–Trinajstić information content (AvgIpc) is 4.07. The highest BCUT2D eigenvalue weighted by Gasteiger charge is 2.46. The molecule has 0 amide bonds. The maximum atomic E-state index is 7.06. The molecule has 0 radical (unpaired) electrons. The number of benzene rings is 11. The van der Waals surface area contributed by atoms with Crippen LogP contribution in [0.3, 0.4) is 0 Å². The minimum atomic E-state index is -0.193. The van der Waals surface area contributed by atoms with Gasteiger partial charge in [0.15, 0.2) is 0 Å². The van der Waals surface area contributed by atoms with Crippen LogP contribution in [0.2, 0.25) is 0 Å². The molecule has 0 bridgehead atoms. The lowest BCUT2D eigenvalue weighted by molar-refractivity contribution is 0.669. The predicted molar refractivity (Wildman–Crippen MR) is 285 cm³/mol. The standard InChI is InChI=1S/C63H37BN2O2/c1-36-48-32-40-21-9-8-20-39(40)28-43(48)33-51-61(36)65(44-30-41(37-16-4-2-5-17-37)29-42(31-44)38-18-6-3-7-19-38)53-35-56-57(47-24-12-15-27-55(47)67-56)58-50-34-49-45-22-11-14-26-54(45)68-63(49)59-46-23-10-13-25-52(46)66(62(50)59)64(51)60(53)58/h2-35H,1H3. The SMILES string of the molecule is Cc1c2c(cc3cc4ccccc4cc13)B1c3c(cc4oc5ccccc5c4c3-c3cc4c5ccccc5oc4c4c5ccccc5n1c34)N2c1cc(-c2ccccc2)cc(-c2ccccc2)c1. The number of furan rings is 2. The number of hydrogen-bond donors (Lipinski definition) is 0. The van der Waals surface area contributed by atoms with Crippen LogP contribution in [0.4, 0.5) is 17.1 Å². The molecule has 0 saturated carbocycles. The third-order valence-electron chi connectivity index (χ3n) is 15.2. The van der Waals surface area contributed by atoms with Gasteiger partial charge in [-0.1, -0.05) is 146 Å². The molecule has 14 aromatic rings. The fourth-order valence-corrected chi connectivity index (χ4v) is 12.4. The summed E-state index contributed by atoms with van der Waals surface area (Å²) in [6.07, 6.45) is 0. The van der Waals surface area contributed by atoms with Gasteiger partial charge in [0, 0.05) is 66.7 Å². The van der Waals surface area contributed by atoms with E-state index < -0.39 is 0 Å². The zero-order chi connectivity index (χ0) is 44.4. The van der Waals surface area contributed by atoms with Gasteiger partial charge in [-0.2, -0.15) is 0 Å². The lowest BCUT2D eigenvalue weighted by Crippen LogP contribution is -2.57. The first-order chi connectivity index (χ1) is 33.6. The van der Waals surface area contributed by atoms with E-state index in [1.54, 1.807) is 0 Å². The van der Waals surface area contributed by atoms with E-state index in [4.69, 9.17) is 8.83 Å². The van der Waals surface area contributed by atoms with E-state index >= 15 is 0 Å². The molecule has 2 aliphatic heterocycles. The van der Waals surface area contributed by atoms with E-state index in [0.717, 1.165) is 71.8 Å². The first kappa shape index (κ1) is 36.4. The first-order valence-electron chi connectivity index (χ1n) is 23.5. The van der Waals surface area contributed by atoms with Crippen molar-refractivity contribution in [1.82, 2.24) is 4.48 Å². The molecule has 68 heavy (non-hydrogen) atoms. The van der Waals surface area contributed by atoms with Crippen LogP contribution in [0.15, 0.2) is 215 Å². The minimum Gasteiger partial charge on any atom is -0.456 e. The monoisotopic (exact) mass is 864 g/mol. The molecule has 3 aromatic heterocycles. The van der Waals surface area contributed by atoms with Gasteiger partial charge < -0.3 is 18.2 Å². The maximum absolute atomic E-state index is 7.06. The molecule has 314 valence electrons. The Balaban J connectivity index is 1.14. The number of hydrogen-bond acceptors (Lipinski definition) is 3. The number of rotatable bonds is 3. The largest absolute Gasteiger partial charge is 0.456 e. The number of aromatic nitrogens is 1. The highest BCUT2D eigenvalue weighted by Crippen LogP contribution is 2.53. The lowest BCUT2D eigenvalue weighted by atomic mass is 9.44. The molecule has 11 aromatic carbocycles. The quantitative estimate of drug-likeness (QED) is 0.131. The topological polar surface area (TPSA) is 34.5 Å². The summed E-state index contributed by atoms with van der Waals surface area (Å²) in [6.45, 7) is 2.15. The molecular formula is C63H37BN2O2. The molecule has 0 N–H and O–H groups in total. The van der Waals surface area contributed by atoms with E-state index in [-0.39, 0.29) is 6.85 Å². The normalized spacial score (nSPS) is 13.0. The summed E-state index contributed by atoms with van der Waals surface area (Å²) in [6, 6.07) is 75.7. The molecule has 0 atom stereocenters. The van der Waals surface area contributed by atoms with Crippen molar-refractivity contribution < 1.29 is 8.83 Å². The van der Waals surface area contributed by atoms with Crippen LogP contribution in [0.5, 0.6) is 0 Å². The average molecular weight is 865 g/mol. The van der Waals surface area contributed by atoms with Crippen LogP contribution in [0, 0.1) is 6.92 Å². The third kappa shape index (κ3) is 4.74. The second-order valence-corrected chi connectivity index (χ2v) is 18.8. The Morgan fingerprint density at radius 2 is 1.07 bits per heavy atom. The smallest absolute Gasteiger partial charge is 0.333 e. The predicted octanol–water partition coefficient (Wildman–Crippen LogP) is 16.0. The van der Waals surface area contributed by atoms with Crippen molar-refractivity contribution in [3.05, 3.63) is 212 Å². The van der Waals surface area contributed by atoms with Crippen LogP contribution >= 0.6 is 0 Å². The van der Waals surface area contributed by atoms with Crippen molar-refractivity contribution in [3.63, 3.8) is 0 Å². The summed E-state index contributed by atoms with van der Waals surface area (Å²) in [5, 5.41) is 11.8. The van der Waals surface area contributed by atoms with Gasteiger partial charge in [-0.05, 0) is 127 Å². The van der Waals surface area contributed by atoms with Gasteiger partial charge in [0.2, 0.25) is 0 Å². The van der Waals surface area contributed by atoms with Gasteiger partial charge >= 0.3 is 6.85 Å². The van der Waals surface area contributed by atoms with Gasteiger partial charge in [0.25, 0.3) is 0 Å². The summed E-state index contributed by atoms with van der Waals surface area (Å²) in [4.78, 5) is 2.58. The molecule has 5 heteroatoms. The van der Waals surface area contributed by atoms with E-state index in [2.05, 4.69) is 223 Å². The first-order valence-corrected chi connectivity index (χ1v) is 23.5. The van der Waals surface area contributed by atoms with E-state index in [1.165, 1.54) is 82.4 Å². The van der Waals surface area contributed by atoms with Crippen molar-refractivity contribution in [3.8, 4) is 33.4 Å². The van der Waals surface area contributed by atoms with Gasteiger partial charge in [0.1, 0.15) is 22.3 Å². The zero-order valence-corrected chi connectivity index (χ0v) is 36.9. The van der Waals surface area contributed by atoms with Crippen molar-refractivity contribution in [2.24, 2.45) is 0 Å². The number of nitrogens with zero attached hydrogens (tertiary/aromatic N) is 2. The summed E-state index contributed by atoms with van der Waals surface area (Å²) in [5.74, 6) is 0. The Morgan fingerprint density at radius 3 is 1.82 bits per heavy atom. The molecule has 4 nitrogen and oxygen atoms in total. The van der Waals surface area contributed by atoms with Crippen LogP contribution in [0.25, 0.3) is 121 Å². The molecule has 2 aliphatic rings. The van der Waals surface area contributed by atoms with E-state index in [1.807, 2.05) is 0 Å². The summed E-state index contributed by atoms with van der Waals surface area (Å²) in [5.41, 5.74) is 20.2. The molecular weight excluding hydrogens is 828 g/mol. The van der Waals surface area contributed by atoms with Crippen molar-refractivity contribution in [2.75, 3.05) is 4.90 Å². The highest BCUT2D eigenvalue weighted by molar-refractivity contribution is 6.90. The van der Waals surface area contributed by atoms with Gasteiger partial charge in [0.05, 0.1) is 5.39 Å². The van der Waals surface area contributed by atoms with E-state index in [9.17, 15) is 0 Å². The molecule has 0 unspecified atom stereocenters. The Hall–Kier alpha value is -8.80. The lowest BCUT2D eigenvalue weighted by Gasteiger charge is -2.42. The zero-order valence-electron chi connectivity index (χ0n) is 36.9. The minimum absolute atomic E-state index is 0.193. The Labute approximate surface area is 390 Å². The van der Waals surface area contributed by atoms with Gasteiger partial charge in [-0.25, -0.2) is 0 Å². The summed E-state index contributed by atoms with van der Waals surface area (Å²) < 4.78 is 16.7. The second kappa shape index (κ2) is 13.2. The van der Waals surface area contributed by atoms with Gasteiger partial charge in [-0.15, -0.1) is 0 Å². The third-order valence-corrected chi connectivity index (χ3v) is 15.2. The number of aryl methyl sites for hydroxylation is 1. The number of fused-ring (bicyclic) bond motifs is 17. The summed E-state index contributed by atoms with van der Waals surface area (Å²) >= 11 is 0. The molecule has 0 saturated heterocycles. The summed E-state index contributed by atoms with van der Waals surface area (Å²) in [7, 11) is 0. The molecule has 0 spiro atoms. The van der Waals surface area contributed by atoms with Crippen molar-refractivity contribution >= 4 is 122 Å². The van der Waals surface area contributed by atoms with Crippen LogP contribution < -0.4 is 15.8 Å². The van der Waals surface area contributed by atoms with Crippen LogP contribution in [-0.4, -0.2) is 11.3 Å². The molecule has 5 heterocycles. The second-order valence-electron chi connectivity index (χ2n) is 18.8.